The minimum absolute atomic E-state index is 0.0534. The number of nitrogens with zero attached hydrogens (tertiary/aromatic N) is 6. The Kier molecular flexibility index (Phi) is 4.25. The van der Waals surface area contributed by atoms with Gasteiger partial charge in [0.25, 0.3) is 0 Å². The number of hydrogen-bond acceptors (Lipinski definition) is 5. The first-order chi connectivity index (χ1) is 10.9. The van der Waals surface area contributed by atoms with E-state index >= 15 is 0 Å². The zero-order chi connectivity index (χ0) is 16.6. The maximum absolute atomic E-state index is 9.71. The smallest absolute Gasteiger partial charge is 0.0967 e. The summed E-state index contributed by atoms with van der Waals surface area (Å²) in [6.45, 7) is 9.09. The summed E-state index contributed by atoms with van der Waals surface area (Å²) in [5.74, 6) is 0.572. The van der Waals surface area contributed by atoms with Crippen LogP contribution in [-0.2, 0) is 19.1 Å². The molecule has 0 amide bonds. The first-order valence-corrected chi connectivity index (χ1v) is 8.10. The van der Waals surface area contributed by atoms with Gasteiger partial charge in [0.1, 0.15) is 0 Å². The van der Waals surface area contributed by atoms with E-state index in [0.717, 1.165) is 25.3 Å². The SMILES string of the molecule is Cn1cc([C@@H]2CN(Cc3cn(C(C)(C)C)nn3)C[C@H]2CO)cn1. The number of aromatic nitrogens is 5. The summed E-state index contributed by atoms with van der Waals surface area (Å²) in [5, 5.41) is 22.5. The predicted molar refractivity (Wildman–Crippen MR) is 86.8 cm³/mol. The van der Waals surface area contributed by atoms with Crippen molar-refractivity contribution in [3.8, 4) is 0 Å². The molecule has 0 bridgehead atoms. The molecule has 2 aromatic rings. The molecule has 23 heavy (non-hydrogen) atoms. The maximum Gasteiger partial charge on any atom is 0.0967 e. The van der Waals surface area contributed by atoms with Crippen LogP contribution in [0.25, 0.3) is 0 Å². The van der Waals surface area contributed by atoms with Crippen molar-refractivity contribution >= 4 is 0 Å². The molecule has 2 atom stereocenters. The van der Waals surface area contributed by atoms with Gasteiger partial charge in [0, 0.05) is 51.3 Å². The van der Waals surface area contributed by atoms with Crippen molar-refractivity contribution in [1.82, 2.24) is 29.7 Å². The average molecular weight is 318 g/mol. The monoisotopic (exact) mass is 318 g/mol. The summed E-state index contributed by atoms with van der Waals surface area (Å²) >= 11 is 0. The fraction of sp³-hybridized carbons (Fsp3) is 0.688. The molecule has 7 heteroatoms. The molecule has 0 unspecified atom stereocenters. The highest BCUT2D eigenvalue weighted by Gasteiger charge is 2.34. The molecular formula is C16H26N6O. The molecule has 0 aliphatic carbocycles. The van der Waals surface area contributed by atoms with Gasteiger partial charge in [0.15, 0.2) is 0 Å². The summed E-state index contributed by atoms with van der Waals surface area (Å²) in [5.41, 5.74) is 2.12. The fourth-order valence-electron chi connectivity index (χ4n) is 3.21. The molecule has 7 nitrogen and oxygen atoms in total. The van der Waals surface area contributed by atoms with Crippen LogP contribution in [0.3, 0.4) is 0 Å². The molecule has 1 aliphatic rings. The molecular weight excluding hydrogens is 292 g/mol. The molecule has 3 heterocycles. The van der Waals surface area contributed by atoms with E-state index < -0.39 is 0 Å². The van der Waals surface area contributed by atoms with Gasteiger partial charge >= 0.3 is 0 Å². The lowest BCUT2D eigenvalue weighted by atomic mass is 9.92. The van der Waals surface area contributed by atoms with Crippen LogP contribution < -0.4 is 0 Å². The van der Waals surface area contributed by atoms with Crippen molar-refractivity contribution in [3.05, 3.63) is 29.8 Å². The molecule has 3 rings (SSSR count). The Bertz CT molecular complexity index is 656. The summed E-state index contributed by atoms with van der Waals surface area (Å²) in [7, 11) is 1.93. The largest absolute Gasteiger partial charge is 0.396 e. The Hall–Kier alpha value is -1.73. The highest BCUT2D eigenvalue weighted by atomic mass is 16.3. The van der Waals surface area contributed by atoms with Gasteiger partial charge in [0.2, 0.25) is 0 Å². The zero-order valence-electron chi connectivity index (χ0n) is 14.3. The quantitative estimate of drug-likeness (QED) is 0.909. The van der Waals surface area contributed by atoms with Crippen LogP contribution in [0.4, 0.5) is 0 Å². The maximum atomic E-state index is 9.71. The van der Waals surface area contributed by atoms with Crippen molar-refractivity contribution in [2.24, 2.45) is 13.0 Å². The highest BCUT2D eigenvalue weighted by Crippen LogP contribution is 2.32. The summed E-state index contributed by atoms with van der Waals surface area (Å²) in [6, 6.07) is 0. The Balaban J connectivity index is 1.69. The van der Waals surface area contributed by atoms with Gasteiger partial charge in [-0.1, -0.05) is 5.21 Å². The Morgan fingerprint density at radius 1 is 1.26 bits per heavy atom. The fourth-order valence-corrected chi connectivity index (χ4v) is 3.21. The second-order valence-corrected chi connectivity index (χ2v) is 7.52. The van der Waals surface area contributed by atoms with Crippen molar-refractivity contribution in [3.63, 3.8) is 0 Å². The van der Waals surface area contributed by atoms with E-state index in [1.165, 1.54) is 5.56 Å². The van der Waals surface area contributed by atoms with Gasteiger partial charge in [-0.2, -0.15) is 5.10 Å². The normalized spacial score (nSPS) is 22.8. The third-order valence-electron chi connectivity index (χ3n) is 4.52. The van der Waals surface area contributed by atoms with Crippen LogP contribution >= 0.6 is 0 Å². The van der Waals surface area contributed by atoms with Crippen LogP contribution in [-0.4, -0.2) is 54.5 Å². The second-order valence-electron chi connectivity index (χ2n) is 7.52. The summed E-state index contributed by atoms with van der Waals surface area (Å²) < 4.78 is 3.72. The number of likely N-dealkylation sites (tertiary alicyclic amines) is 1. The first kappa shape index (κ1) is 16.1. The van der Waals surface area contributed by atoms with Crippen LogP contribution in [0.2, 0.25) is 0 Å². The van der Waals surface area contributed by atoms with Crippen molar-refractivity contribution in [1.29, 1.82) is 0 Å². The van der Waals surface area contributed by atoms with Crippen molar-refractivity contribution < 1.29 is 5.11 Å². The van der Waals surface area contributed by atoms with E-state index in [-0.39, 0.29) is 18.1 Å². The van der Waals surface area contributed by atoms with Gasteiger partial charge in [-0.25, -0.2) is 4.68 Å². The summed E-state index contributed by atoms with van der Waals surface area (Å²) in [6.07, 6.45) is 5.98. The van der Waals surface area contributed by atoms with Crippen molar-refractivity contribution in [2.75, 3.05) is 19.7 Å². The van der Waals surface area contributed by atoms with Crippen LogP contribution in [0.1, 0.15) is 37.9 Å². The molecule has 0 spiro atoms. The predicted octanol–water partition coefficient (Wildman–Crippen LogP) is 0.974. The minimum atomic E-state index is -0.0534. The lowest BCUT2D eigenvalue weighted by Gasteiger charge is -2.17. The molecule has 1 N–H and O–H groups in total. The number of aryl methyl sites for hydroxylation is 1. The van der Waals surface area contributed by atoms with Crippen molar-refractivity contribution in [2.45, 2.75) is 38.8 Å². The van der Waals surface area contributed by atoms with Gasteiger partial charge in [-0.05, 0) is 26.3 Å². The lowest BCUT2D eigenvalue weighted by molar-refractivity contribution is 0.213. The number of aliphatic hydroxyl groups excluding tert-OH is 1. The van der Waals surface area contributed by atoms with E-state index in [1.54, 1.807) is 0 Å². The molecule has 0 radical (unpaired) electrons. The molecule has 1 saturated heterocycles. The van der Waals surface area contributed by atoms with E-state index in [2.05, 4.69) is 41.1 Å². The Morgan fingerprint density at radius 3 is 2.61 bits per heavy atom. The summed E-state index contributed by atoms with van der Waals surface area (Å²) in [4.78, 5) is 2.34. The van der Waals surface area contributed by atoms with Crippen LogP contribution in [0, 0.1) is 5.92 Å². The third kappa shape index (κ3) is 3.45. The zero-order valence-corrected chi connectivity index (χ0v) is 14.3. The Labute approximate surface area is 136 Å². The molecule has 0 aromatic carbocycles. The van der Waals surface area contributed by atoms with Gasteiger partial charge < -0.3 is 5.11 Å². The molecule has 1 aliphatic heterocycles. The van der Waals surface area contributed by atoms with Gasteiger partial charge in [0.05, 0.1) is 23.6 Å². The Morgan fingerprint density at radius 2 is 2.04 bits per heavy atom. The van der Waals surface area contributed by atoms with E-state index in [9.17, 15) is 5.11 Å². The van der Waals surface area contributed by atoms with E-state index in [1.807, 2.05) is 35.0 Å². The molecule has 126 valence electrons. The lowest BCUT2D eigenvalue weighted by Crippen LogP contribution is -2.22. The standard InChI is InChI=1S/C16H26N6O/c1-16(2,3)22-9-14(18-19-22)8-21-7-13(11-23)15(10-21)12-5-17-20(4)6-12/h5-6,9,13,15,23H,7-8,10-11H2,1-4H3/t13-,15-/m0/s1. The molecule has 0 saturated carbocycles. The highest BCUT2D eigenvalue weighted by molar-refractivity contribution is 5.16. The van der Waals surface area contributed by atoms with Gasteiger partial charge in [-0.15, -0.1) is 5.10 Å². The van der Waals surface area contributed by atoms with Crippen LogP contribution in [0.5, 0.6) is 0 Å². The average Bonchev–Trinajstić information content (AvgIpc) is 3.17. The number of aliphatic hydroxyl groups is 1. The van der Waals surface area contributed by atoms with Crippen LogP contribution in [0.15, 0.2) is 18.6 Å². The first-order valence-electron chi connectivity index (χ1n) is 8.10. The van der Waals surface area contributed by atoms with E-state index in [0.29, 0.717) is 5.92 Å². The third-order valence-corrected chi connectivity index (χ3v) is 4.52. The van der Waals surface area contributed by atoms with Gasteiger partial charge in [-0.3, -0.25) is 9.58 Å². The topological polar surface area (TPSA) is 72.0 Å². The minimum Gasteiger partial charge on any atom is -0.396 e. The molecule has 2 aromatic heterocycles. The second kappa shape index (κ2) is 6.05. The van der Waals surface area contributed by atoms with E-state index in [4.69, 9.17) is 0 Å². The molecule has 1 fully saturated rings. The number of rotatable bonds is 4. The number of hydrogen-bond donors (Lipinski definition) is 1.